The summed E-state index contributed by atoms with van der Waals surface area (Å²) in [6.45, 7) is 0.100. The summed E-state index contributed by atoms with van der Waals surface area (Å²) in [6, 6.07) is 2.22. The number of hydrogen-bond acceptors (Lipinski definition) is 3. The Morgan fingerprint density at radius 3 is 2.67 bits per heavy atom. The Labute approximate surface area is 82.5 Å². The van der Waals surface area contributed by atoms with Crippen LogP contribution in [0.25, 0.3) is 5.65 Å². The molecule has 2 aromatic heterocycles. The molecule has 0 unspecified atom stereocenters. The average Bonchev–Trinajstić information content (AvgIpc) is 2.57. The summed E-state index contributed by atoms with van der Waals surface area (Å²) >= 11 is 0. The maximum Gasteiger partial charge on any atom is 0.417 e. The molecule has 0 saturated carbocycles. The van der Waals surface area contributed by atoms with Crippen molar-refractivity contribution in [3.8, 4) is 0 Å². The highest BCUT2D eigenvalue weighted by Crippen LogP contribution is 2.28. The SMILES string of the molecule is NCc1nc2ccc(C(F)(F)F)cn2n1. The zero-order valence-electron chi connectivity index (χ0n) is 7.49. The van der Waals surface area contributed by atoms with Crippen LogP contribution in [0.5, 0.6) is 0 Å². The highest BCUT2D eigenvalue weighted by molar-refractivity contribution is 5.39. The van der Waals surface area contributed by atoms with Crippen molar-refractivity contribution in [2.45, 2.75) is 12.7 Å². The molecule has 0 saturated heterocycles. The van der Waals surface area contributed by atoms with Crippen LogP contribution in [0.3, 0.4) is 0 Å². The van der Waals surface area contributed by atoms with E-state index in [1.165, 1.54) is 6.07 Å². The molecule has 0 radical (unpaired) electrons. The first-order valence-electron chi connectivity index (χ1n) is 4.13. The minimum absolute atomic E-state index is 0.100. The summed E-state index contributed by atoms with van der Waals surface area (Å²) in [4.78, 5) is 3.91. The number of alkyl halides is 3. The number of rotatable bonds is 1. The fraction of sp³-hybridized carbons (Fsp3) is 0.250. The van der Waals surface area contributed by atoms with Gasteiger partial charge in [-0.05, 0) is 12.1 Å². The van der Waals surface area contributed by atoms with E-state index in [9.17, 15) is 13.2 Å². The first-order chi connectivity index (χ1) is 7.00. The number of nitrogens with two attached hydrogens (primary N) is 1. The summed E-state index contributed by atoms with van der Waals surface area (Å²) in [7, 11) is 0. The number of halogens is 3. The lowest BCUT2D eigenvalue weighted by atomic mass is 10.3. The third-order valence-corrected chi connectivity index (χ3v) is 1.88. The molecule has 2 N–H and O–H groups in total. The van der Waals surface area contributed by atoms with Crippen LogP contribution in [0.4, 0.5) is 13.2 Å². The van der Waals surface area contributed by atoms with Crippen LogP contribution in [-0.4, -0.2) is 14.6 Å². The average molecular weight is 216 g/mol. The molecule has 0 spiro atoms. The van der Waals surface area contributed by atoms with Crippen LogP contribution in [0.1, 0.15) is 11.4 Å². The predicted octanol–water partition coefficient (Wildman–Crippen LogP) is 1.21. The van der Waals surface area contributed by atoms with Gasteiger partial charge in [-0.25, -0.2) is 9.50 Å². The largest absolute Gasteiger partial charge is 0.417 e. The minimum atomic E-state index is -4.37. The molecule has 15 heavy (non-hydrogen) atoms. The van der Waals surface area contributed by atoms with Crippen molar-refractivity contribution in [2.24, 2.45) is 5.73 Å². The normalized spacial score (nSPS) is 12.3. The topological polar surface area (TPSA) is 56.2 Å². The fourth-order valence-electron chi connectivity index (χ4n) is 1.18. The van der Waals surface area contributed by atoms with Gasteiger partial charge in [-0.3, -0.25) is 0 Å². The standard InChI is InChI=1S/C8H7F3N4/c9-8(10,11)5-1-2-7-13-6(3-12)14-15(7)4-5/h1-2,4H,3,12H2. The Morgan fingerprint density at radius 2 is 2.07 bits per heavy atom. The van der Waals surface area contributed by atoms with Gasteiger partial charge in [0.2, 0.25) is 0 Å². The third kappa shape index (κ3) is 1.78. The number of hydrogen-bond donors (Lipinski definition) is 1. The summed E-state index contributed by atoms with van der Waals surface area (Å²) in [6.07, 6.45) is -3.48. The molecular formula is C8H7F3N4. The van der Waals surface area contributed by atoms with E-state index in [0.717, 1.165) is 16.8 Å². The minimum Gasteiger partial charge on any atom is -0.324 e. The predicted molar refractivity (Wildman–Crippen MR) is 45.9 cm³/mol. The van der Waals surface area contributed by atoms with Crippen molar-refractivity contribution in [1.29, 1.82) is 0 Å². The van der Waals surface area contributed by atoms with E-state index in [4.69, 9.17) is 5.73 Å². The van der Waals surface area contributed by atoms with Crippen LogP contribution >= 0.6 is 0 Å². The van der Waals surface area contributed by atoms with Crippen molar-refractivity contribution >= 4 is 5.65 Å². The Balaban J connectivity index is 2.55. The Hall–Kier alpha value is -1.63. The number of fused-ring (bicyclic) bond motifs is 1. The lowest BCUT2D eigenvalue weighted by Gasteiger charge is -2.05. The monoisotopic (exact) mass is 216 g/mol. The maximum atomic E-state index is 12.3. The van der Waals surface area contributed by atoms with E-state index in [-0.39, 0.29) is 6.54 Å². The summed E-state index contributed by atoms with van der Waals surface area (Å²) in [5, 5.41) is 3.79. The second-order valence-corrected chi connectivity index (χ2v) is 2.95. The second kappa shape index (κ2) is 3.20. The lowest BCUT2D eigenvalue weighted by Crippen LogP contribution is -2.06. The van der Waals surface area contributed by atoms with Crippen LogP contribution in [0, 0.1) is 0 Å². The molecule has 2 aromatic rings. The summed E-state index contributed by atoms with van der Waals surface area (Å²) in [5.41, 5.74) is 4.87. The number of aromatic nitrogens is 3. The van der Waals surface area contributed by atoms with Crippen LogP contribution in [0.15, 0.2) is 18.3 Å². The van der Waals surface area contributed by atoms with Crippen molar-refractivity contribution in [3.05, 3.63) is 29.7 Å². The van der Waals surface area contributed by atoms with Crippen LogP contribution < -0.4 is 5.73 Å². The van der Waals surface area contributed by atoms with Gasteiger partial charge in [0.1, 0.15) is 0 Å². The molecule has 0 aliphatic rings. The van der Waals surface area contributed by atoms with E-state index in [0.29, 0.717) is 11.5 Å². The van der Waals surface area contributed by atoms with Crippen molar-refractivity contribution < 1.29 is 13.2 Å². The highest BCUT2D eigenvalue weighted by atomic mass is 19.4. The molecular weight excluding hydrogens is 209 g/mol. The number of nitrogens with zero attached hydrogens (tertiary/aromatic N) is 3. The molecule has 80 valence electrons. The lowest BCUT2D eigenvalue weighted by molar-refractivity contribution is -0.137. The van der Waals surface area contributed by atoms with Crippen molar-refractivity contribution in [2.75, 3.05) is 0 Å². The fourth-order valence-corrected chi connectivity index (χ4v) is 1.18. The molecule has 2 heterocycles. The number of pyridine rings is 1. The van der Waals surface area contributed by atoms with E-state index in [2.05, 4.69) is 10.1 Å². The van der Waals surface area contributed by atoms with Gasteiger partial charge < -0.3 is 5.73 Å². The van der Waals surface area contributed by atoms with Crippen molar-refractivity contribution in [1.82, 2.24) is 14.6 Å². The van der Waals surface area contributed by atoms with Gasteiger partial charge in [0.15, 0.2) is 11.5 Å². The summed E-state index contributed by atoms with van der Waals surface area (Å²) < 4.78 is 38.0. The van der Waals surface area contributed by atoms with Crippen molar-refractivity contribution in [3.63, 3.8) is 0 Å². The highest BCUT2D eigenvalue weighted by Gasteiger charge is 2.31. The van der Waals surface area contributed by atoms with E-state index in [1.807, 2.05) is 0 Å². The quantitative estimate of drug-likeness (QED) is 0.779. The van der Waals surface area contributed by atoms with Gasteiger partial charge in [-0.1, -0.05) is 0 Å². The smallest absolute Gasteiger partial charge is 0.324 e. The zero-order valence-corrected chi connectivity index (χ0v) is 7.49. The molecule has 0 atom stereocenters. The molecule has 4 nitrogen and oxygen atoms in total. The van der Waals surface area contributed by atoms with E-state index in [1.54, 1.807) is 0 Å². The Bertz CT molecular complexity index is 488. The van der Waals surface area contributed by atoms with Gasteiger partial charge in [0, 0.05) is 6.20 Å². The first-order valence-corrected chi connectivity index (χ1v) is 4.13. The molecule has 0 amide bonds. The molecule has 2 rings (SSSR count). The molecule has 0 aliphatic carbocycles. The second-order valence-electron chi connectivity index (χ2n) is 2.95. The first kappa shape index (κ1) is 9.91. The molecule has 0 fully saturated rings. The zero-order chi connectivity index (χ0) is 11.1. The third-order valence-electron chi connectivity index (χ3n) is 1.88. The van der Waals surface area contributed by atoms with Gasteiger partial charge in [-0.2, -0.15) is 13.2 Å². The van der Waals surface area contributed by atoms with Gasteiger partial charge in [-0.15, -0.1) is 5.10 Å². The maximum absolute atomic E-state index is 12.3. The van der Waals surface area contributed by atoms with Gasteiger partial charge >= 0.3 is 6.18 Å². The molecule has 0 aromatic carbocycles. The Kier molecular flexibility index (Phi) is 2.11. The molecule has 0 bridgehead atoms. The van der Waals surface area contributed by atoms with Gasteiger partial charge in [0.25, 0.3) is 0 Å². The molecule has 0 aliphatic heterocycles. The summed E-state index contributed by atoms with van der Waals surface area (Å²) in [5.74, 6) is 0.314. The van der Waals surface area contributed by atoms with Gasteiger partial charge in [0.05, 0.1) is 12.1 Å². The van der Waals surface area contributed by atoms with E-state index >= 15 is 0 Å². The molecule has 7 heteroatoms. The van der Waals surface area contributed by atoms with E-state index < -0.39 is 11.7 Å². The van der Waals surface area contributed by atoms with Crippen LogP contribution in [0.2, 0.25) is 0 Å². The van der Waals surface area contributed by atoms with Crippen LogP contribution in [-0.2, 0) is 12.7 Å². The Morgan fingerprint density at radius 1 is 1.33 bits per heavy atom.